The van der Waals surface area contributed by atoms with E-state index in [1.54, 1.807) is 0 Å². The van der Waals surface area contributed by atoms with E-state index in [0.717, 1.165) is 66.0 Å². The summed E-state index contributed by atoms with van der Waals surface area (Å²) in [6.07, 6.45) is -0.953. The lowest BCUT2D eigenvalue weighted by atomic mass is 10.0. The average molecular weight is 660 g/mol. The molecule has 10 aromatic rings. The Morgan fingerprint density at radius 1 is 0.471 bits per heavy atom. The van der Waals surface area contributed by atoms with Crippen molar-refractivity contribution in [2.75, 3.05) is 0 Å². The normalized spacial score (nSPS) is 18.2. The van der Waals surface area contributed by atoms with Gasteiger partial charge in [0.2, 0.25) is 0 Å². The highest BCUT2D eigenvalue weighted by Gasteiger charge is 2.27. The van der Waals surface area contributed by atoms with Gasteiger partial charge in [0.05, 0.1) is 6.17 Å². The Morgan fingerprint density at radius 3 is 1.84 bits per heavy atom. The van der Waals surface area contributed by atoms with E-state index in [-0.39, 0.29) is 18.6 Å². The van der Waals surface area contributed by atoms with Gasteiger partial charge < -0.3 is 24.0 Å². The molecule has 0 amide bonds. The summed E-state index contributed by atoms with van der Waals surface area (Å²) in [5.41, 5.74) is 10.1. The molecule has 1 fully saturated rings. The van der Waals surface area contributed by atoms with Crippen LogP contribution in [0.25, 0.3) is 82.1 Å². The molecule has 6 heteroatoms. The molecule has 2 N–H and O–H groups in total. The van der Waals surface area contributed by atoms with Crippen LogP contribution in [0.2, 0.25) is 0 Å². The maximum absolute atomic E-state index is 6.77. The lowest BCUT2D eigenvalue weighted by Crippen LogP contribution is -2.46. The van der Waals surface area contributed by atoms with Crippen LogP contribution in [0, 0.1) is 0 Å². The first kappa shape index (κ1) is 28.6. The van der Waals surface area contributed by atoms with Gasteiger partial charge in [0, 0.05) is 43.4 Å². The molecule has 0 spiro atoms. The smallest absolute Gasteiger partial charge is 0.138 e. The van der Waals surface area contributed by atoms with Crippen molar-refractivity contribution in [3.8, 4) is 11.1 Å². The minimum Gasteiger partial charge on any atom is -0.610 e. The highest BCUT2D eigenvalue weighted by atomic mass is 16.3. The maximum atomic E-state index is 6.77. The van der Waals surface area contributed by atoms with E-state index in [4.69, 9.17) is 14.2 Å². The van der Waals surface area contributed by atoms with Gasteiger partial charge >= 0.3 is 0 Å². The number of rotatable bonds is 4. The Morgan fingerprint density at radius 2 is 1.08 bits per heavy atom. The summed E-state index contributed by atoms with van der Waals surface area (Å²) in [6.45, 7) is 0. The number of benzene rings is 7. The van der Waals surface area contributed by atoms with Crippen LogP contribution >= 0.6 is 0 Å². The second-order valence-corrected chi connectivity index (χ2v) is 13.3. The fraction of sp³-hybridized carbons (Fsp3) is 0.0667. The quantitative estimate of drug-likeness (QED) is 0.197. The maximum Gasteiger partial charge on any atom is 0.138 e. The van der Waals surface area contributed by atoms with Crippen molar-refractivity contribution >= 4 is 65.7 Å². The molecule has 3 aromatic heterocycles. The van der Waals surface area contributed by atoms with E-state index in [2.05, 4.69) is 149 Å². The molecule has 11 rings (SSSR count). The summed E-state index contributed by atoms with van der Waals surface area (Å²) in [7, 11) is 0. The molecule has 0 radical (unpaired) electrons. The molecule has 51 heavy (non-hydrogen) atoms. The van der Waals surface area contributed by atoms with Gasteiger partial charge in [-0.2, -0.15) is 0 Å². The van der Waals surface area contributed by atoms with E-state index in [0.29, 0.717) is 0 Å². The third-order valence-electron chi connectivity index (χ3n) is 10.5. The van der Waals surface area contributed by atoms with Crippen LogP contribution in [-0.2, 0) is 0 Å². The molecule has 0 aliphatic carbocycles. The summed E-state index contributed by atoms with van der Waals surface area (Å²) in [5, 5.41) is 19.9. The number of furan rings is 2. The molecule has 0 bridgehead atoms. The van der Waals surface area contributed by atoms with Crippen molar-refractivity contribution in [2.45, 2.75) is 18.6 Å². The monoisotopic (exact) mass is 659 g/mol. The molecule has 1 aliphatic rings. The Bertz CT molecular complexity index is 2870. The van der Waals surface area contributed by atoms with Crippen LogP contribution in [0.1, 0.15) is 29.7 Å². The van der Waals surface area contributed by atoms with Gasteiger partial charge in [0.15, 0.2) is 0 Å². The van der Waals surface area contributed by atoms with Gasteiger partial charge in [-0.15, -0.1) is 0 Å². The fourth-order valence-corrected chi connectivity index (χ4v) is 8.14. The Kier molecular flexibility index (Phi) is 6.27. The van der Waals surface area contributed by atoms with Crippen LogP contribution in [0.3, 0.4) is 0 Å². The minimum absolute atomic E-state index is 0.202. The topological polar surface area (TPSA) is 69.4 Å². The molecule has 1 saturated heterocycles. The zero-order valence-electron chi connectivity index (χ0n) is 27.5. The molecule has 7 aromatic carbocycles. The molecular formula is C45H31N4O2-. The highest BCUT2D eigenvalue weighted by Crippen LogP contribution is 2.45. The van der Waals surface area contributed by atoms with Crippen LogP contribution in [0.15, 0.2) is 167 Å². The Labute approximate surface area is 292 Å². The van der Waals surface area contributed by atoms with Gasteiger partial charge in [-0.05, 0) is 58.9 Å². The number of hydrogen-bond acceptors (Lipinski definition) is 4. The van der Waals surface area contributed by atoms with E-state index in [9.17, 15) is 0 Å². The minimum atomic E-state index is -0.379. The number of hydrogen-bond donors (Lipinski definition) is 2. The summed E-state index contributed by atoms with van der Waals surface area (Å²) in [6, 6.07) is 55.2. The number of nitrogens with zero attached hydrogens (tertiary/aromatic N) is 2. The molecular weight excluding hydrogens is 629 g/mol. The van der Waals surface area contributed by atoms with Gasteiger partial charge in [-0.1, -0.05) is 134 Å². The lowest BCUT2D eigenvalue weighted by Gasteiger charge is -2.50. The Hall–Kier alpha value is -6.18. The molecule has 3 unspecified atom stereocenters. The van der Waals surface area contributed by atoms with Crippen molar-refractivity contribution in [3.63, 3.8) is 0 Å². The molecule has 4 heterocycles. The summed E-state index contributed by atoms with van der Waals surface area (Å²) < 4.78 is 15.4. The van der Waals surface area contributed by atoms with E-state index < -0.39 is 0 Å². The standard InChI is InChI=1S/C45H31N4O2/c1-2-11-27(12-3-1)28-21-23-29(24-22-28)43-46-44(48-45(47-43)49-35-18-7-4-13-30(35)31-14-5-8-19-36(31)49)34-17-10-16-33-41-39(51-42(33)34)26-25-38-40(41)32-15-6-9-20-37(32)50-38/h1-26,43-47H/q-1. The zero-order chi connectivity index (χ0) is 33.5. The van der Waals surface area contributed by atoms with Crippen molar-refractivity contribution in [1.82, 2.24) is 15.2 Å². The second kappa shape index (κ2) is 11.2. The third kappa shape index (κ3) is 4.41. The van der Waals surface area contributed by atoms with Crippen LogP contribution in [0.5, 0.6) is 0 Å². The number of para-hydroxylation sites is 4. The Balaban J connectivity index is 1.08. The van der Waals surface area contributed by atoms with E-state index in [1.165, 1.54) is 21.9 Å². The predicted molar refractivity (Wildman–Crippen MR) is 206 cm³/mol. The zero-order valence-corrected chi connectivity index (χ0v) is 27.5. The largest absolute Gasteiger partial charge is 0.610 e. The number of aromatic nitrogens is 1. The molecule has 6 nitrogen and oxygen atoms in total. The molecule has 3 atom stereocenters. The SMILES string of the molecule is c1ccc(-c2ccc(C3NC(c4cccc5c4oc4ccc6oc7ccccc7c6c45)[N-]C(n4c5ccccc5c5ccccc54)N3)cc2)cc1. The summed E-state index contributed by atoms with van der Waals surface area (Å²) >= 11 is 0. The van der Waals surface area contributed by atoms with E-state index in [1.807, 2.05) is 24.3 Å². The second-order valence-electron chi connectivity index (χ2n) is 13.3. The first-order valence-electron chi connectivity index (χ1n) is 17.4. The average Bonchev–Trinajstić information content (AvgIpc) is 3.87. The summed E-state index contributed by atoms with van der Waals surface area (Å²) in [5.74, 6) is 0. The van der Waals surface area contributed by atoms with Gasteiger partial charge in [0.1, 0.15) is 22.3 Å². The van der Waals surface area contributed by atoms with Gasteiger partial charge in [-0.3, -0.25) is 5.32 Å². The van der Waals surface area contributed by atoms with Gasteiger partial charge in [0.25, 0.3) is 0 Å². The van der Waals surface area contributed by atoms with Crippen LogP contribution in [-0.4, -0.2) is 4.57 Å². The van der Waals surface area contributed by atoms with Crippen LogP contribution in [0.4, 0.5) is 0 Å². The third-order valence-corrected chi connectivity index (χ3v) is 10.5. The van der Waals surface area contributed by atoms with E-state index >= 15 is 0 Å². The first-order valence-corrected chi connectivity index (χ1v) is 17.4. The van der Waals surface area contributed by atoms with Crippen LogP contribution < -0.4 is 10.6 Å². The highest BCUT2D eigenvalue weighted by molar-refractivity contribution is 6.26. The number of nitrogens with one attached hydrogen (secondary N) is 2. The summed E-state index contributed by atoms with van der Waals surface area (Å²) in [4.78, 5) is 0. The number of fused-ring (bicyclic) bond motifs is 10. The molecule has 244 valence electrons. The predicted octanol–water partition coefficient (Wildman–Crippen LogP) is 11.7. The van der Waals surface area contributed by atoms with Crippen molar-refractivity contribution in [1.29, 1.82) is 0 Å². The fourth-order valence-electron chi connectivity index (χ4n) is 8.14. The molecule has 1 aliphatic heterocycles. The van der Waals surface area contributed by atoms with Crippen molar-refractivity contribution in [2.24, 2.45) is 0 Å². The first-order chi connectivity index (χ1) is 25.3. The molecule has 0 saturated carbocycles. The van der Waals surface area contributed by atoms with Crippen molar-refractivity contribution in [3.05, 3.63) is 174 Å². The lowest BCUT2D eigenvalue weighted by molar-refractivity contribution is 0.275. The van der Waals surface area contributed by atoms with Crippen molar-refractivity contribution < 1.29 is 8.83 Å². The van der Waals surface area contributed by atoms with Gasteiger partial charge in [-0.25, -0.2) is 0 Å².